The first kappa shape index (κ1) is 19.6. The third kappa shape index (κ3) is 5.18. The van der Waals surface area contributed by atoms with Crippen LogP contribution in [0, 0.1) is 12.7 Å². The topological polar surface area (TPSA) is 84.5 Å². The van der Waals surface area contributed by atoms with Crippen molar-refractivity contribution in [3.05, 3.63) is 52.8 Å². The molecule has 0 aromatic heterocycles. The number of anilines is 1. The standard InChI is InChI=1S/C18H18ClFN2O4S/c1-11-8-14(27(24,25)22-12-2-3-12)5-7-17(11)26-10-18(23)21-13-4-6-16(20)15(19)9-13/h4-9,12,22H,2-3,10H2,1H3,(H,21,23). The van der Waals surface area contributed by atoms with Gasteiger partial charge in [-0.15, -0.1) is 0 Å². The third-order valence-electron chi connectivity index (χ3n) is 3.92. The zero-order chi connectivity index (χ0) is 19.6. The number of carbonyl (C=O) groups is 1. The molecule has 1 saturated carbocycles. The van der Waals surface area contributed by atoms with Crippen molar-refractivity contribution in [1.82, 2.24) is 4.72 Å². The Bertz CT molecular complexity index is 977. The van der Waals surface area contributed by atoms with Crippen LogP contribution in [-0.4, -0.2) is 27.0 Å². The van der Waals surface area contributed by atoms with Crippen molar-refractivity contribution in [1.29, 1.82) is 0 Å². The van der Waals surface area contributed by atoms with Crippen LogP contribution in [0.4, 0.5) is 10.1 Å². The molecule has 1 aliphatic carbocycles. The number of hydrogen-bond acceptors (Lipinski definition) is 4. The summed E-state index contributed by atoms with van der Waals surface area (Å²) in [5, 5.41) is 2.45. The summed E-state index contributed by atoms with van der Waals surface area (Å²) in [6, 6.07) is 8.30. The maximum atomic E-state index is 13.1. The van der Waals surface area contributed by atoms with Crippen LogP contribution in [0.2, 0.25) is 5.02 Å². The van der Waals surface area contributed by atoms with Gasteiger partial charge in [0, 0.05) is 11.7 Å². The summed E-state index contributed by atoms with van der Waals surface area (Å²) < 4.78 is 45.6. The summed E-state index contributed by atoms with van der Waals surface area (Å²) in [4.78, 5) is 12.1. The van der Waals surface area contributed by atoms with Crippen molar-refractivity contribution in [2.45, 2.75) is 30.7 Å². The number of ether oxygens (including phenoxy) is 1. The van der Waals surface area contributed by atoms with Crippen molar-refractivity contribution < 1.29 is 22.3 Å². The van der Waals surface area contributed by atoms with Crippen molar-refractivity contribution in [3.8, 4) is 5.75 Å². The molecule has 0 heterocycles. The lowest BCUT2D eigenvalue weighted by Gasteiger charge is -2.12. The van der Waals surface area contributed by atoms with E-state index in [0.717, 1.165) is 18.9 Å². The van der Waals surface area contributed by atoms with E-state index in [9.17, 15) is 17.6 Å². The molecule has 144 valence electrons. The summed E-state index contributed by atoms with van der Waals surface area (Å²) >= 11 is 5.67. The van der Waals surface area contributed by atoms with Crippen molar-refractivity contribution in [2.24, 2.45) is 0 Å². The Morgan fingerprint density at radius 1 is 1.26 bits per heavy atom. The monoisotopic (exact) mass is 412 g/mol. The summed E-state index contributed by atoms with van der Waals surface area (Å²) in [6.07, 6.45) is 1.71. The van der Waals surface area contributed by atoms with Gasteiger partial charge in [-0.1, -0.05) is 11.6 Å². The van der Waals surface area contributed by atoms with E-state index in [-0.39, 0.29) is 22.6 Å². The quantitative estimate of drug-likeness (QED) is 0.731. The highest BCUT2D eigenvalue weighted by Crippen LogP contribution is 2.25. The second kappa shape index (κ2) is 7.84. The minimum atomic E-state index is -3.54. The first-order valence-corrected chi connectivity index (χ1v) is 10.1. The van der Waals surface area contributed by atoms with Gasteiger partial charge >= 0.3 is 0 Å². The van der Waals surface area contributed by atoms with Gasteiger partial charge in [0.05, 0.1) is 9.92 Å². The number of sulfonamides is 1. The minimum absolute atomic E-state index is 0.0230. The molecule has 0 spiro atoms. The normalized spacial score (nSPS) is 14.0. The summed E-state index contributed by atoms with van der Waals surface area (Å²) in [5.41, 5.74) is 0.936. The summed E-state index contributed by atoms with van der Waals surface area (Å²) in [6.45, 7) is 1.41. The summed E-state index contributed by atoms with van der Waals surface area (Å²) in [7, 11) is -3.54. The van der Waals surface area contributed by atoms with Crippen LogP contribution in [0.5, 0.6) is 5.75 Å². The van der Waals surface area contributed by atoms with E-state index in [1.54, 1.807) is 6.92 Å². The van der Waals surface area contributed by atoms with Crippen molar-refractivity contribution >= 4 is 33.2 Å². The molecule has 1 aliphatic rings. The Hall–Kier alpha value is -2.16. The van der Waals surface area contributed by atoms with Gasteiger partial charge in [-0.25, -0.2) is 17.5 Å². The molecule has 2 N–H and O–H groups in total. The van der Waals surface area contributed by atoms with E-state index in [4.69, 9.17) is 16.3 Å². The number of amides is 1. The first-order chi connectivity index (χ1) is 12.7. The second-order valence-corrected chi connectivity index (χ2v) is 8.41. The van der Waals surface area contributed by atoms with Crippen LogP contribution in [0.15, 0.2) is 41.3 Å². The molecule has 0 aliphatic heterocycles. The van der Waals surface area contributed by atoms with E-state index >= 15 is 0 Å². The Morgan fingerprint density at radius 2 is 2.00 bits per heavy atom. The molecule has 9 heteroatoms. The van der Waals surface area contributed by atoms with Crippen molar-refractivity contribution in [2.75, 3.05) is 11.9 Å². The molecule has 6 nitrogen and oxygen atoms in total. The number of carbonyl (C=O) groups excluding carboxylic acids is 1. The van der Waals surface area contributed by atoms with Crippen LogP contribution in [-0.2, 0) is 14.8 Å². The zero-order valence-corrected chi connectivity index (χ0v) is 16.0. The highest BCUT2D eigenvalue weighted by atomic mass is 35.5. The first-order valence-electron chi connectivity index (χ1n) is 8.25. The second-order valence-electron chi connectivity index (χ2n) is 6.29. The molecule has 1 fully saturated rings. The molecule has 0 unspecified atom stereocenters. The number of halogens is 2. The average molecular weight is 413 g/mol. The fourth-order valence-electron chi connectivity index (χ4n) is 2.35. The number of nitrogens with one attached hydrogen (secondary N) is 2. The molecule has 27 heavy (non-hydrogen) atoms. The van der Waals surface area contributed by atoms with Crippen LogP contribution in [0.1, 0.15) is 18.4 Å². The molecule has 0 bridgehead atoms. The lowest BCUT2D eigenvalue weighted by molar-refractivity contribution is -0.118. The highest BCUT2D eigenvalue weighted by molar-refractivity contribution is 7.89. The minimum Gasteiger partial charge on any atom is -0.483 e. The van der Waals surface area contributed by atoms with Gasteiger partial charge in [-0.3, -0.25) is 4.79 Å². The van der Waals surface area contributed by atoms with Gasteiger partial charge in [0.1, 0.15) is 11.6 Å². The molecule has 2 aromatic carbocycles. The van der Waals surface area contributed by atoms with Gasteiger partial charge in [0.25, 0.3) is 5.91 Å². The molecular weight excluding hydrogens is 395 g/mol. The number of benzene rings is 2. The zero-order valence-electron chi connectivity index (χ0n) is 14.5. The van der Waals surface area contributed by atoms with E-state index in [0.29, 0.717) is 17.0 Å². The predicted octanol–water partition coefficient (Wildman–Crippen LogP) is 3.25. The molecule has 1 amide bonds. The Labute approximate surface area is 161 Å². The Morgan fingerprint density at radius 3 is 2.63 bits per heavy atom. The molecular formula is C18H18ClFN2O4S. The van der Waals surface area contributed by atoms with Crippen LogP contribution < -0.4 is 14.8 Å². The van der Waals surface area contributed by atoms with Gasteiger partial charge in [0.2, 0.25) is 10.0 Å². The smallest absolute Gasteiger partial charge is 0.262 e. The summed E-state index contributed by atoms with van der Waals surface area (Å²) in [5.74, 6) is -0.635. The molecule has 0 atom stereocenters. The number of aryl methyl sites for hydroxylation is 1. The SMILES string of the molecule is Cc1cc(S(=O)(=O)NC2CC2)ccc1OCC(=O)Nc1ccc(F)c(Cl)c1. The predicted molar refractivity (Wildman–Crippen MR) is 100 cm³/mol. The average Bonchev–Trinajstić information content (AvgIpc) is 3.40. The Balaban J connectivity index is 1.60. The largest absolute Gasteiger partial charge is 0.483 e. The lowest BCUT2D eigenvalue weighted by Crippen LogP contribution is -2.25. The van der Waals surface area contributed by atoms with E-state index in [1.807, 2.05) is 0 Å². The maximum absolute atomic E-state index is 13.1. The molecule has 0 radical (unpaired) electrons. The Kier molecular flexibility index (Phi) is 5.69. The van der Waals surface area contributed by atoms with Gasteiger partial charge < -0.3 is 10.1 Å². The molecule has 0 saturated heterocycles. The van der Waals surface area contributed by atoms with E-state index in [2.05, 4.69) is 10.0 Å². The van der Waals surface area contributed by atoms with Crippen LogP contribution in [0.25, 0.3) is 0 Å². The fraction of sp³-hybridized carbons (Fsp3) is 0.278. The van der Waals surface area contributed by atoms with Gasteiger partial charge in [-0.2, -0.15) is 0 Å². The highest BCUT2D eigenvalue weighted by Gasteiger charge is 2.28. The third-order valence-corrected chi connectivity index (χ3v) is 5.73. The fourth-order valence-corrected chi connectivity index (χ4v) is 3.92. The lowest BCUT2D eigenvalue weighted by atomic mass is 10.2. The molecule has 3 rings (SSSR count). The molecule has 2 aromatic rings. The van der Waals surface area contributed by atoms with Gasteiger partial charge in [-0.05, 0) is 61.7 Å². The number of hydrogen-bond donors (Lipinski definition) is 2. The van der Waals surface area contributed by atoms with Gasteiger partial charge in [0.15, 0.2) is 6.61 Å². The van der Waals surface area contributed by atoms with Crippen molar-refractivity contribution in [3.63, 3.8) is 0 Å². The van der Waals surface area contributed by atoms with E-state index in [1.165, 1.54) is 30.3 Å². The number of rotatable bonds is 7. The van der Waals surface area contributed by atoms with Crippen LogP contribution >= 0.6 is 11.6 Å². The van der Waals surface area contributed by atoms with Crippen LogP contribution in [0.3, 0.4) is 0 Å². The van der Waals surface area contributed by atoms with E-state index < -0.39 is 21.7 Å². The maximum Gasteiger partial charge on any atom is 0.262 e.